The molecule has 0 saturated heterocycles. The normalized spacial score (nSPS) is 10.6. The van der Waals surface area contributed by atoms with Crippen LogP contribution in [0.1, 0.15) is 23.0 Å². The van der Waals surface area contributed by atoms with Crippen LogP contribution >= 0.6 is 0 Å². The third-order valence-electron chi connectivity index (χ3n) is 2.33. The van der Waals surface area contributed by atoms with Crippen molar-refractivity contribution in [3.63, 3.8) is 0 Å². The van der Waals surface area contributed by atoms with Crippen molar-refractivity contribution < 1.29 is 14.4 Å². The topological polar surface area (TPSA) is 81.2 Å². The monoisotopic (exact) mass is 221 g/mol. The van der Waals surface area contributed by atoms with E-state index in [4.69, 9.17) is 9.63 Å². The lowest BCUT2D eigenvalue weighted by Crippen LogP contribution is -2.03. The first-order valence-corrected chi connectivity index (χ1v) is 4.84. The molecule has 0 spiro atoms. The zero-order valence-electron chi connectivity index (χ0n) is 8.97. The summed E-state index contributed by atoms with van der Waals surface area (Å²) in [4.78, 5) is 15.2. The van der Waals surface area contributed by atoms with Crippen molar-refractivity contribution in [2.75, 3.05) is 0 Å². The first-order valence-electron chi connectivity index (χ1n) is 4.84. The molecule has 0 aromatic carbocycles. The van der Waals surface area contributed by atoms with Gasteiger partial charge in [0.15, 0.2) is 17.3 Å². The molecule has 0 fully saturated rings. The molecule has 6 heteroatoms. The van der Waals surface area contributed by atoms with E-state index in [2.05, 4.69) is 10.1 Å². The Morgan fingerprint density at radius 3 is 2.88 bits per heavy atom. The van der Waals surface area contributed by atoms with Crippen molar-refractivity contribution >= 4 is 5.97 Å². The van der Waals surface area contributed by atoms with Gasteiger partial charge in [0.05, 0.1) is 0 Å². The van der Waals surface area contributed by atoms with Gasteiger partial charge in [-0.25, -0.2) is 9.78 Å². The van der Waals surface area contributed by atoms with Crippen molar-refractivity contribution in [3.05, 3.63) is 23.7 Å². The van der Waals surface area contributed by atoms with E-state index in [1.54, 1.807) is 24.0 Å². The number of aryl methyl sites for hydroxylation is 2. The fraction of sp³-hybridized carbons (Fsp3) is 0.300. The van der Waals surface area contributed by atoms with E-state index < -0.39 is 5.97 Å². The fourth-order valence-corrected chi connectivity index (χ4v) is 1.53. The summed E-state index contributed by atoms with van der Waals surface area (Å²) in [6, 6.07) is 0. The Labute approximate surface area is 91.5 Å². The highest BCUT2D eigenvalue weighted by Gasteiger charge is 2.24. The van der Waals surface area contributed by atoms with Crippen LogP contribution in [0.3, 0.4) is 0 Å². The molecule has 0 bridgehead atoms. The van der Waals surface area contributed by atoms with Gasteiger partial charge >= 0.3 is 5.97 Å². The van der Waals surface area contributed by atoms with Gasteiger partial charge in [-0.1, -0.05) is 12.1 Å². The molecule has 0 saturated carbocycles. The van der Waals surface area contributed by atoms with E-state index in [1.165, 1.54) is 0 Å². The van der Waals surface area contributed by atoms with Gasteiger partial charge in [-0.05, 0) is 0 Å². The van der Waals surface area contributed by atoms with E-state index in [-0.39, 0.29) is 11.3 Å². The van der Waals surface area contributed by atoms with Gasteiger partial charge in [-0.3, -0.25) is 0 Å². The average Bonchev–Trinajstić information content (AvgIpc) is 2.82. The Kier molecular flexibility index (Phi) is 2.47. The van der Waals surface area contributed by atoms with E-state index in [0.29, 0.717) is 18.0 Å². The first-order chi connectivity index (χ1) is 7.65. The van der Waals surface area contributed by atoms with Crippen molar-refractivity contribution in [3.8, 4) is 11.5 Å². The maximum atomic E-state index is 11.1. The van der Waals surface area contributed by atoms with Gasteiger partial charge in [0.1, 0.15) is 5.56 Å². The summed E-state index contributed by atoms with van der Waals surface area (Å²) in [5.74, 6) is -0.192. The average molecular weight is 221 g/mol. The zero-order chi connectivity index (χ0) is 11.7. The van der Waals surface area contributed by atoms with Gasteiger partial charge in [0.25, 0.3) is 0 Å². The number of carboxylic acid groups (broad SMARTS) is 1. The van der Waals surface area contributed by atoms with Crippen molar-refractivity contribution in [2.45, 2.75) is 13.3 Å². The second-order valence-corrected chi connectivity index (χ2v) is 3.35. The molecular formula is C10H11N3O3. The quantitative estimate of drug-likeness (QED) is 0.845. The molecule has 0 amide bonds. The third kappa shape index (κ3) is 1.48. The predicted molar refractivity (Wildman–Crippen MR) is 55.0 cm³/mol. The van der Waals surface area contributed by atoms with Crippen LogP contribution in [0.5, 0.6) is 0 Å². The van der Waals surface area contributed by atoms with Crippen LogP contribution in [0.25, 0.3) is 11.5 Å². The third-order valence-corrected chi connectivity index (χ3v) is 2.33. The van der Waals surface area contributed by atoms with Crippen molar-refractivity contribution in [1.29, 1.82) is 0 Å². The van der Waals surface area contributed by atoms with Gasteiger partial charge in [0.2, 0.25) is 0 Å². The SMILES string of the molecule is CCc1onc(-c2nccn2C)c1C(=O)O. The number of aromatic nitrogens is 3. The first kappa shape index (κ1) is 10.4. The Morgan fingerprint density at radius 2 is 2.38 bits per heavy atom. The van der Waals surface area contributed by atoms with Crippen LogP contribution in [-0.2, 0) is 13.5 Å². The van der Waals surface area contributed by atoms with E-state index >= 15 is 0 Å². The second kappa shape index (κ2) is 3.80. The minimum absolute atomic E-state index is 0.0943. The standard InChI is InChI=1S/C10H11N3O3/c1-3-6-7(10(14)15)8(12-16-6)9-11-4-5-13(9)2/h4-5H,3H2,1-2H3,(H,14,15). The van der Waals surface area contributed by atoms with Gasteiger partial charge < -0.3 is 14.2 Å². The minimum Gasteiger partial charge on any atom is -0.477 e. The summed E-state index contributed by atoms with van der Waals surface area (Å²) >= 11 is 0. The van der Waals surface area contributed by atoms with E-state index in [0.717, 1.165) is 0 Å². The number of rotatable bonds is 3. The van der Waals surface area contributed by atoms with Crippen LogP contribution in [-0.4, -0.2) is 25.8 Å². The largest absolute Gasteiger partial charge is 0.477 e. The molecule has 2 aromatic heterocycles. The highest BCUT2D eigenvalue weighted by atomic mass is 16.5. The van der Waals surface area contributed by atoms with Crippen LogP contribution in [0, 0.1) is 0 Å². The fourth-order valence-electron chi connectivity index (χ4n) is 1.53. The molecule has 16 heavy (non-hydrogen) atoms. The summed E-state index contributed by atoms with van der Waals surface area (Å²) in [5, 5.41) is 12.9. The predicted octanol–water partition coefficient (Wildman–Crippen LogP) is 1.34. The molecule has 0 atom stereocenters. The molecule has 2 heterocycles. The number of imidazole rings is 1. The van der Waals surface area contributed by atoms with Crippen LogP contribution in [0.4, 0.5) is 0 Å². The van der Waals surface area contributed by atoms with Gasteiger partial charge in [-0.15, -0.1) is 0 Å². The number of hydrogen-bond acceptors (Lipinski definition) is 4. The zero-order valence-corrected chi connectivity index (χ0v) is 8.97. The number of carbonyl (C=O) groups is 1. The maximum absolute atomic E-state index is 11.1. The van der Waals surface area contributed by atoms with E-state index in [1.807, 2.05) is 6.92 Å². The molecule has 0 unspecified atom stereocenters. The number of hydrogen-bond donors (Lipinski definition) is 1. The van der Waals surface area contributed by atoms with Crippen LogP contribution < -0.4 is 0 Å². The lowest BCUT2D eigenvalue weighted by Gasteiger charge is -1.98. The second-order valence-electron chi connectivity index (χ2n) is 3.35. The highest BCUT2D eigenvalue weighted by Crippen LogP contribution is 2.24. The summed E-state index contributed by atoms with van der Waals surface area (Å²) < 4.78 is 6.70. The van der Waals surface area contributed by atoms with Crippen molar-refractivity contribution in [1.82, 2.24) is 14.7 Å². The molecular weight excluding hydrogens is 210 g/mol. The molecule has 0 aliphatic rings. The Bertz CT molecular complexity index is 527. The summed E-state index contributed by atoms with van der Waals surface area (Å²) in [5.41, 5.74) is 0.369. The van der Waals surface area contributed by atoms with Crippen LogP contribution in [0.2, 0.25) is 0 Å². The summed E-state index contributed by atoms with van der Waals surface area (Å²) in [6.45, 7) is 1.81. The molecule has 0 aliphatic heterocycles. The smallest absolute Gasteiger partial charge is 0.341 e. The lowest BCUT2D eigenvalue weighted by atomic mass is 10.1. The molecule has 0 aliphatic carbocycles. The molecule has 2 rings (SSSR count). The summed E-state index contributed by atoms with van der Waals surface area (Å²) in [7, 11) is 1.77. The number of nitrogens with zero attached hydrogens (tertiary/aromatic N) is 3. The minimum atomic E-state index is -1.05. The molecule has 2 aromatic rings. The Hall–Kier alpha value is -2.11. The number of aromatic carboxylic acids is 1. The lowest BCUT2D eigenvalue weighted by molar-refractivity contribution is 0.0695. The van der Waals surface area contributed by atoms with Gasteiger partial charge in [0, 0.05) is 25.9 Å². The molecule has 84 valence electrons. The van der Waals surface area contributed by atoms with Gasteiger partial charge in [-0.2, -0.15) is 0 Å². The Morgan fingerprint density at radius 1 is 1.62 bits per heavy atom. The maximum Gasteiger partial charge on any atom is 0.341 e. The Balaban J connectivity index is 2.62. The highest BCUT2D eigenvalue weighted by molar-refractivity contribution is 5.94. The van der Waals surface area contributed by atoms with Crippen LogP contribution in [0.15, 0.2) is 16.9 Å². The van der Waals surface area contributed by atoms with Crippen molar-refractivity contribution in [2.24, 2.45) is 7.05 Å². The molecule has 0 radical (unpaired) electrons. The molecule has 6 nitrogen and oxygen atoms in total. The van der Waals surface area contributed by atoms with E-state index in [9.17, 15) is 4.79 Å². The molecule has 1 N–H and O–H groups in total. The number of carboxylic acids is 1. The summed E-state index contributed by atoms with van der Waals surface area (Å²) in [6.07, 6.45) is 3.79.